The Morgan fingerprint density at radius 2 is 1.70 bits per heavy atom. The van der Waals surface area contributed by atoms with Crippen molar-refractivity contribution in [2.45, 2.75) is 31.1 Å². The first kappa shape index (κ1) is 17.9. The molecule has 128 valence electrons. The number of primary amides is 1. The molecule has 1 fully saturated rings. The Balaban J connectivity index is 2.09. The summed E-state index contributed by atoms with van der Waals surface area (Å²) in [5.74, 6) is -0.353. The van der Waals surface area contributed by atoms with E-state index in [4.69, 9.17) is 5.73 Å². The van der Waals surface area contributed by atoms with E-state index in [-0.39, 0.29) is 17.9 Å². The molecule has 1 aliphatic rings. The number of nitrogens with two attached hydrogens (primary N) is 1. The number of hydrogen-bond acceptors (Lipinski definition) is 3. The van der Waals surface area contributed by atoms with Crippen molar-refractivity contribution in [2.75, 3.05) is 32.7 Å². The van der Waals surface area contributed by atoms with Gasteiger partial charge in [0.15, 0.2) is 6.54 Å². The van der Waals surface area contributed by atoms with Gasteiger partial charge in [-0.3, -0.25) is 4.79 Å². The summed E-state index contributed by atoms with van der Waals surface area (Å²) in [5, 5.41) is 0. The van der Waals surface area contributed by atoms with E-state index in [1.807, 2.05) is 12.1 Å². The molecular weight excluding hydrogens is 314 g/mol. The molecule has 1 aliphatic heterocycles. The second kappa shape index (κ2) is 6.59. The monoisotopic (exact) mass is 340 g/mol. The fourth-order valence-corrected chi connectivity index (χ4v) is 4.18. The second-order valence-corrected chi connectivity index (χ2v) is 9.01. The lowest BCUT2D eigenvalue weighted by Crippen LogP contribution is -3.15. The first-order chi connectivity index (χ1) is 10.6. The molecule has 1 heterocycles. The van der Waals surface area contributed by atoms with Gasteiger partial charge in [0.05, 0.1) is 31.1 Å². The zero-order chi connectivity index (χ0) is 17.3. The first-order valence-corrected chi connectivity index (χ1v) is 9.27. The second-order valence-electron chi connectivity index (χ2n) is 7.07. The van der Waals surface area contributed by atoms with Crippen LogP contribution >= 0.6 is 0 Å². The average molecular weight is 340 g/mol. The van der Waals surface area contributed by atoms with E-state index in [0.29, 0.717) is 31.1 Å². The Hall–Kier alpha value is -1.44. The first-order valence-electron chi connectivity index (χ1n) is 7.83. The lowest BCUT2D eigenvalue weighted by molar-refractivity contribution is -0.895. The number of nitrogens with zero attached hydrogens (tertiary/aromatic N) is 1. The van der Waals surface area contributed by atoms with Crippen molar-refractivity contribution in [3.63, 3.8) is 0 Å². The number of hydrogen-bond donors (Lipinski definition) is 2. The molecule has 2 rings (SSSR count). The van der Waals surface area contributed by atoms with E-state index in [1.165, 1.54) is 4.31 Å². The van der Waals surface area contributed by atoms with Crippen LogP contribution < -0.4 is 10.6 Å². The van der Waals surface area contributed by atoms with Gasteiger partial charge in [0, 0.05) is 0 Å². The van der Waals surface area contributed by atoms with Crippen LogP contribution in [0, 0.1) is 0 Å². The van der Waals surface area contributed by atoms with Crippen molar-refractivity contribution >= 4 is 15.9 Å². The molecule has 0 atom stereocenters. The largest absolute Gasteiger partial charge is 0.365 e. The lowest BCUT2D eigenvalue weighted by Gasteiger charge is -2.31. The maximum Gasteiger partial charge on any atom is 0.272 e. The third kappa shape index (κ3) is 4.31. The van der Waals surface area contributed by atoms with Gasteiger partial charge in [0.25, 0.3) is 5.91 Å². The third-order valence-corrected chi connectivity index (χ3v) is 6.12. The van der Waals surface area contributed by atoms with E-state index in [1.54, 1.807) is 12.1 Å². The molecule has 6 nitrogen and oxygen atoms in total. The van der Waals surface area contributed by atoms with Crippen molar-refractivity contribution in [1.29, 1.82) is 0 Å². The topological polar surface area (TPSA) is 84.9 Å². The molecule has 0 saturated carbocycles. The smallest absolute Gasteiger partial charge is 0.272 e. The van der Waals surface area contributed by atoms with Crippen LogP contribution in [-0.4, -0.2) is 51.4 Å². The molecule has 23 heavy (non-hydrogen) atoms. The molecule has 0 bridgehead atoms. The van der Waals surface area contributed by atoms with Gasteiger partial charge >= 0.3 is 0 Å². The maximum absolute atomic E-state index is 12.7. The summed E-state index contributed by atoms with van der Waals surface area (Å²) in [6.45, 7) is 8.56. The Kier molecular flexibility index (Phi) is 5.13. The molecule has 0 unspecified atom stereocenters. The van der Waals surface area contributed by atoms with E-state index in [9.17, 15) is 13.2 Å². The zero-order valence-corrected chi connectivity index (χ0v) is 14.8. The number of quaternary nitrogens is 1. The number of rotatable bonds is 4. The van der Waals surface area contributed by atoms with Crippen LogP contribution in [0.3, 0.4) is 0 Å². The molecule has 7 heteroatoms. The van der Waals surface area contributed by atoms with Crippen molar-refractivity contribution in [3.05, 3.63) is 29.8 Å². The minimum atomic E-state index is -3.47. The van der Waals surface area contributed by atoms with Gasteiger partial charge < -0.3 is 10.6 Å². The van der Waals surface area contributed by atoms with E-state index < -0.39 is 10.0 Å². The summed E-state index contributed by atoms with van der Waals surface area (Å²) < 4.78 is 26.9. The maximum atomic E-state index is 12.7. The van der Waals surface area contributed by atoms with Crippen LogP contribution in [-0.2, 0) is 20.2 Å². The molecular formula is C16H26N3O3S+. The summed E-state index contributed by atoms with van der Waals surface area (Å²) in [6.07, 6.45) is 0. The highest BCUT2D eigenvalue weighted by Gasteiger charge is 2.31. The normalized spacial score (nSPS) is 18.0. The van der Waals surface area contributed by atoms with Gasteiger partial charge in [0.2, 0.25) is 10.0 Å². The number of sulfonamides is 1. The number of benzene rings is 1. The van der Waals surface area contributed by atoms with Crippen LogP contribution in [0.4, 0.5) is 0 Å². The fraction of sp³-hybridized carbons (Fsp3) is 0.562. The molecule has 0 aliphatic carbocycles. The quantitative estimate of drug-likeness (QED) is 0.764. The highest BCUT2D eigenvalue weighted by atomic mass is 32.2. The number of carbonyl (C=O) groups is 1. The summed E-state index contributed by atoms with van der Waals surface area (Å²) in [6, 6.07) is 7.11. The third-order valence-electron chi connectivity index (χ3n) is 4.21. The Bertz CT molecular complexity index is 655. The fourth-order valence-electron chi connectivity index (χ4n) is 2.74. The van der Waals surface area contributed by atoms with E-state index in [0.717, 1.165) is 10.5 Å². The number of amides is 1. The standard InChI is InChI=1S/C16H25N3O3S/c1-16(2,3)13-4-6-14(7-5-13)23(21,22)19-10-8-18(9-11-19)12-15(17)20/h4-7H,8-12H2,1-3H3,(H2,17,20)/p+1. The van der Waals surface area contributed by atoms with Gasteiger partial charge in [-0.1, -0.05) is 32.9 Å². The predicted octanol–water partition coefficient (Wildman–Crippen LogP) is -0.641. The minimum absolute atomic E-state index is 0.00790. The number of carbonyl (C=O) groups excluding carboxylic acids is 1. The molecule has 0 spiro atoms. The Morgan fingerprint density at radius 3 is 2.13 bits per heavy atom. The SMILES string of the molecule is CC(C)(C)c1ccc(S(=O)(=O)N2CC[NH+](CC(N)=O)CC2)cc1. The van der Waals surface area contributed by atoms with E-state index >= 15 is 0 Å². The molecule has 1 aromatic rings. The van der Waals surface area contributed by atoms with Crippen LogP contribution in [0.25, 0.3) is 0 Å². The number of piperazine rings is 1. The highest BCUT2D eigenvalue weighted by Crippen LogP contribution is 2.24. The zero-order valence-electron chi connectivity index (χ0n) is 14.0. The van der Waals surface area contributed by atoms with Gasteiger partial charge in [-0.05, 0) is 23.1 Å². The minimum Gasteiger partial charge on any atom is -0.365 e. The summed E-state index contributed by atoms with van der Waals surface area (Å²) in [4.78, 5) is 12.3. The summed E-state index contributed by atoms with van der Waals surface area (Å²) >= 11 is 0. The molecule has 1 saturated heterocycles. The summed E-state index contributed by atoms with van der Waals surface area (Å²) in [5.41, 5.74) is 6.29. The Morgan fingerprint density at radius 1 is 1.17 bits per heavy atom. The molecule has 3 N–H and O–H groups in total. The summed E-state index contributed by atoms with van der Waals surface area (Å²) in [7, 11) is -3.47. The van der Waals surface area contributed by atoms with Crippen LogP contribution in [0.5, 0.6) is 0 Å². The van der Waals surface area contributed by atoms with Crippen LogP contribution in [0.1, 0.15) is 26.3 Å². The molecule has 0 radical (unpaired) electrons. The molecule has 0 aromatic heterocycles. The van der Waals surface area contributed by atoms with Crippen LogP contribution in [0.15, 0.2) is 29.2 Å². The van der Waals surface area contributed by atoms with Crippen molar-refractivity contribution < 1.29 is 18.1 Å². The van der Waals surface area contributed by atoms with Crippen molar-refractivity contribution in [2.24, 2.45) is 5.73 Å². The lowest BCUT2D eigenvalue weighted by atomic mass is 9.87. The van der Waals surface area contributed by atoms with E-state index in [2.05, 4.69) is 20.8 Å². The van der Waals surface area contributed by atoms with Gasteiger partial charge in [0.1, 0.15) is 0 Å². The Labute approximate surface area is 138 Å². The van der Waals surface area contributed by atoms with Gasteiger partial charge in [-0.15, -0.1) is 0 Å². The highest BCUT2D eigenvalue weighted by molar-refractivity contribution is 7.89. The van der Waals surface area contributed by atoms with Crippen LogP contribution in [0.2, 0.25) is 0 Å². The molecule has 1 amide bonds. The van der Waals surface area contributed by atoms with Gasteiger partial charge in [-0.2, -0.15) is 4.31 Å². The van der Waals surface area contributed by atoms with Gasteiger partial charge in [-0.25, -0.2) is 8.42 Å². The average Bonchev–Trinajstić information content (AvgIpc) is 2.46. The van der Waals surface area contributed by atoms with Crippen molar-refractivity contribution in [3.8, 4) is 0 Å². The van der Waals surface area contributed by atoms with Crippen molar-refractivity contribution in [1.82, 2.24) is 4.31 Å². The molecule has 1 aromatic carbocycles. The number of nitrogens with one attached hydrogen (secondary N) is 1. The predicted molar refractivity (Wildman–Crippen MR) is 88.7 cm³/mol.